The van der Waals surface area contributed by atoms with E-state index in [0.29, 0.717) is 29.3 Å². The molecule has 2 unspecified atom stereocenters. The van der Waals surface area contributed by atoms with Crippen LogP contribution in [0.3, 0.4) is 0 Å². The smallest absolute Gasteiger partial charge is 0.272 e. The summed E-state index contributed by atoms with van der Waals surface area (Å²) in [4.78, 5) is 10.8. The van der Waals surface area contributed by atoms with Crippen LogP contribution in [0.4, 0.5) is 5.69 Å². The van der Waals surface area contributed by atoms with Gasteiger partial charge in [-0.15, -0.1) is 0 Å². The molecule has 0 radical (unpaired) electrons. The minimum absolute atomic E-state index is 0.160. The van der Waals surface area contributed by atoms with Gasteiger partial charge in [-0.05, 0) is 50.3 Å². The lowest BCUT2D eigenvalue weighted by Crippen LogP contribution is -2.37. The Bertz CT molecular complexity index is 477. The van der Waals surface area contributed by atoms with Crippen molar-refractivity contribution in [2.24, 2.45) is 11.8 Å². The minimum Gasteiger partial charge on any atom is -0.314 e. The normalized spacial score (nSPS) is 14.2. The molecule has 21 heavy (non-hydrogen) atoms. The third-order valence-corrected chi connectivity index (χ3v) is 4.14. The van der Waals surface area contributed by atoms with Crippen LogP contribution in [0.15, 0.2) is 18.2 Å². The zero-order valence-corrected chi connectivity index (χ0v) is 14.0. The van der Waals surface area contributed by atoms with Crippen LogP contribution in [0.5, 0.6) is 0 Å². The van der Waals surface area contributed by atoms with Crippen LogP contribution in [-0.4, -0.2) is 17.5 Å². The number of nitro groups is 1. The Kier molecular flexibility index (Phi) is 7.12. The Morgan fingerprint density at radius 2 is 2.00 bits per heavy atom. The Balaban J connectivity index is 2.98. The molecule has 0 aromatic heterocycles. The second-order valence-corrected chi connectivity index (χ2v) is 6.32. The molecule has 1 aromatic rings. The van der Waals surface area contributed by atoms with E-state index in [-0.39, 0.29) is 10.6 Å². The number of nitrogens with one attached hydrogen (secondary N) is 1. The number of benzene rings is 1. The molecular formula is C16H25ClN2O2. The zero-order chi connectivity index (χ0) is 16.0. The molecule has 0 amide bonds. The first-order chi connectivity index (χ1) is 9.86. The molecule has 1 aromatic carbocycles. The summed E-state index contributed by atoms with van der Waals surface area (Å²) in [5.74, 6) is 0.761. The summed E-state index contributed by atoms with van der Waals surface area (Å²) in [6.07, 6.45) is 1.74. The molecule has 0 saturated heterocycles. The first-order valence-corrected chi connectivity index (χ1v) is 7.90. The highest BCUT2D eigenvalue weighted by molar-refractivity contribution is 6.30. The summed E-state index contributed by atoms with van der Waals surface area (Å²) in [5.41, 5.74) is 0.879. The largest absolute Gasteiger partial charge is 0.314 e. The predicted molar refractivity (Wildman–Crippen MR) is 87.9 cm³/mol. The summed E-state index contributed by atoms with van der Waals surface area (Å²) in [5, 5.41) is 15.2. The van der Waals surface area contributed by atoms with Gasteiger partial charge in [0.2, 0.25) is 0 Å². The maximum Gasteiger partial charge on any atom is 0.272 e. The lowest BCUT2D eigenvalue weighted by atomic mass is 9.83. The lowest BCUT2D eigenvalue weighted by molar-refractivity contribution is -0.385. The van der Waals surface area contributed by atoms with Crippen molar-refractivity contribution in [3.8, 4) is 0 Å². The highest BCUT2D eigenvalue weighted by atomic mass is 35.5. The number of hydrogen-bond donors (Lipinski definition) is 1. The molecule has 0 fully saturated rings. The quantitative estimate of drug-likeness (QED) is 0.570. The van der Waals surface area contributed by atoms with Crippen LogP contribution >= 0.6 is 11.6 Å². The van der Waals surface area contributed by atoms with Crippen molar-refractivity contribution in [3.05, 3.63) is 38.9 Å². The fourth-order valence-corrected chi connectivity index (χ4v) is 2.86. The summed E-state index contributed by atoms with van der Waals surface area (Å²) >= 11 is 6.01. The number of nitrogens with zero attached hydrogens (tertiary/aromatic N) is 1. The monoisotopic (exact) mass is 312 g/mol. The fraction of sp³-hybridized carbons (Fsp3) is 0.625. The van der Waals surface area contributed by atoms with Crippen LogP contribution < -0.4 is 5.32 Å². The molecule has 0 saturated carbocycles. The Morgan fingerprint density at radius 1 is 1.33 bits per heavy atom. The van der Waals surface area contributed by atoms with E-state index in [1.807, 2.05) is 0 Å². The van der Waals surface area contributed by atoms with Crippen molar-refractivity contribution < 1.29 is 4.92 Å². The summed E-state index contributed by atoms with van der Waals surface area (Å²) in [6, 6.07) is 5.11. The third-order valence-electron chi connectivity index (χ3n) is 3.91. The van der Waals surface area contributed by atoms with E-state index in [4.69, 9.17) is 11.6 Å². The minimum atomic E-state index is -0.326. The molecule has 4 nitrogen and oxygen atoms in total. The van der Waals surface area contributed by atoms with Crippen LogP contribution in [0, 0.1) is 22.0 Å². The van der Waals surface area contributed by atoms with Gasteiger partial charge < -0.3 is 5.32 Å². The molecule has 118 valence electrons. The van der Waals surface area contributed by atoms with Gasteiger partial charge in [0.05, 0.1) is 4.92 Å². The second-order valence-electron chi connectivity index (χ2n) is 5.88. The predicted octanol–water partition coefficient (Wildman–Crippen LogP) is 4.45. The maximum absolute atomic E-state index is 11.2. The van der Waals surface area contributed by atoms with Crippen molar-refractivity contribution >= 4 is 17.3 Å². The van der Waals surface area contributed by atoms with E-state index in [1.54, 1.807) is 12.1 Å². The molecule has 0 aliphatic carbocycles. The first kappa shape index (κ1) is 17.9. The van der Waals surface area contributed by atoms with Crippen molar-refractivity contribution in [1.29, 1.82) is 0 Å². The van der Waals surface area contributed by atoms with Gasteiger partial charge in [-0.2, -0.15) is 0 Å². The molecular weight excluding hydrogens is 288 g/mol. The average molecular weight is 313 g/mol. The molecule has 0 bridgehead atoms. The van der Waals surface area contributed by atoms with Gasteiger partial charge in [-0.3, -0.25) is 10.1 Å². The van der Waals surface area contributed by atoms with Crippen molar-refractivity contribution in [2.75, 3.05) is 6.54 Å². The molecule has 1 rings (SSSR count). The molecule has 1 N–H and O–H groups in total. The van der Waals surface area contributed by atoms with Gasteiger partial charge in [-0.1, -0.05) is 32.4 Å². The summed E-state index contributed by atoms with van der Waals surface area (Å²) in [7, 11) is 0. The topological polar surface area (TPSA) is 55.2 Å². The van der Waals surface area contributed by atoms with Gasteiger partial charge in [0, 0.05) is 22.7 Å². The van der Waals surface area contributed by atoms with Gasteiger partial charge in [0.15, 0.2) is 0 Å². The molecule has 0 aliphatic rings. The highest BCUT2D eigenvalue weighted by Gasteiger charge is 2.24. The molecule has 0 aliphatic heterocycles. The highest BCUT2D eigenvalue weighted by Crippen LogP contribution is 2.29. The van der Waals surface area contributed by atoms with Gasteiger partial charge >= 0.3 is 0 Å². The molecule has 0 heterocycles. The van der Waals surface area contributed by atoms with E-state index < -0.39 is 0 Å². The molecule has 0 spiro atoms. The van der Waals surface area contributed by atoms with Gasteiger partial charge in [0.25, 0.3) is 5.69 Å². The lowest BCUT2D eigenvalue weighted by Gasteiger charge is -2.28. The van der Waals surface area contributed by atoms with Crippen molar-refractivity contribution in [1.82, 2.24) is 5.32 Å². The van der Waals surface area contributed by atoms with Crippen molar-refractivity contribution in [2.45, 2.75) is 46.6 Å². The van der Waals surface area contributed by atoms with Crippen LogP contribution in [0.1, 0.15) is 39.7 Å². The zero-order valence-electron chi connectivity index (χ0n) is 13.2. The number of hydrogen-bond acceptors (Lipinski definition) is 3. The Morgan fingerprint density at radius 3 is 2.52 bits per heavy atom. The number of halogens is 1. The van der Waals surface area contributed by atoms with E-state index in [0.717, 1.165) is 18.5 Å². The van der Waals surface area contributed by atoms with Crippen LogP contribution in [0.25, 0.3) is 0 Å². The van der Waals surface area contributed by atoms with Crippen LogP contribution in [0.2, 0.25) is 5.02 Å². The molecule has 2 atom stereocenters. The standard InChI is InChI=1S/C16H25ClN2O2/c1-5-8-18-12(4)15(11(2)3)10-13-9-14(17)6-7-16(13)19(20)21/h6-7,9,11-12,15,18H,5,8,10H2,1-4H3. The van der Waals surface area contributed by atoms with Crippen LogP contribution in [-0.2, 0) is 6.42 Å². The Hall–Kier alpha value is -1.13. The SMILES string of the molecule is CCCNC(C)C(Cc1cc(Cl)ccc1[N+](=O)[O-])C(C)C. The van der Waals surface area contributed by atoms with E-state index in [9.17, 15) is 10.1 Å². The third kappa shape index (κ3) is 5.29. The maximum atomic E-state index is 11.2. The molecule has 5 heteroatoms. The summed E-state index contributed by atoms with van der Waals surface area (Å²) < 4.78 is 0. The number of nitro benzene ring substituents is 1. The number of rotatable bonds is 8. The van der Waals surface area contributed by atoms with Gasteiger partial charge in [0.1, 0.15) is 0 Å². The second kappa shape index (κ2) is 8.35. The summed E-state index contributed by atoms with van der Waals surface area (Å²) in [6.45, 7) is 9.56. The fourth-order valence-electron chi connectivity index (χ4n) is 2.66. The van der Waals surface area contributed by atoms with E-state index >= 15 is 0 Å². The first-order valence-electron chi connectivity index (χ1n) is 7.53. The van der Waals surface area contributed by atoms with Gasteiger partial charge in [-0.25, -0.2) is 0 Å². The van der Waals surface area contributed by atoms with Crippen molar-refractivity contribution in [3.63, 3.8) is 0 Å². The average Bonchev–Trinajstić information content (AvgIpc) is 2.41. The van der Waals surface area contributed by atoms with E-state index in [1.165, 1.54) is 6.07 Å². The van der Waals surface area contributed by atoms with E-state index in [2.05, 4.69) is 33.0 Å². The Labute approximate surface area is 132 Å².